The van der Waals surface area contributed by atoms with Crippen LogP contribution in [0, 0.1) is 13.8 Å². The molecule has 6 heteroatoms. The minimum atomic E-state index is -0.160. The van der Waals surface area contributed by atoms with Crippen molar-refractivity contribution in [2.75, 3.05) is 13.1 Å². The van der Waals surface area contributed by atoms with Crippen LogP contribution in [-0.4, -0.2) is 38.2 Å². The molecule has 1 aromatic carbocycles. The number of benzene rings is 1. The fourth-order valence-corrected chi connectivity index (χ4v) is 4.25. The van der Waals surface area contributed by atoms with Gasteiger partial charge in [-0.25, -0.2) is 4.68 Å². The molecule has 0 saturated carbocycles. The highest BCUT2D eigenvalue weighted by Crippen LogP contribution is 2.24. The number of carbonyl (C=O) groups is 1. The largest absolute Gasteiger partial charge is 0.341 e. The highest BCUT2D eigenvalue weighted by atomic mass is 16.2. The van der Waals surface area contributed by atoms with E-state index in [1.165, 1.54) is 5.56 Å². The van der Waals surface area contributed by atoms with Gasteiger partial charge in [0.15, 0.2) is 0 Å². The molecule has 0 aliphatic carbocycles. The summed E-state index contributed by atoms with van der Waals surface area (Å²) >= 11 is 0. The van der Waals surface area contributed by atoms with Crippen molar-refractivity contribution in [3.05, 3.63) is 57.5 Å². The number of piperidine rings is 1. The lowest BCUT2D eigenvalue weighted by molar-refractivity contribution is -0.132. The highest BCUT2D eigenvalue weighted by molar-refractivity contribution is 5.85. The van der Waals surface area contributed by atoms with Crippen LogP contribution < -0.4 is 5.56 Å². The van der Waals surface area contributed by atoms with Gasteiger partial charge in [0.2, 0.25) is 5.91 Å². The fourth-order valence-electron chi connectivity index (χ4n) is 4.25. The average molecular weight is 393 g/mol. The predicted molar refractivity (Wildman–Crippen MR) is 115 cm³/mol. The number of fused-ring (bicyclic) bond motifs is 1. The van der Waals surface area contributed by atoms with E-state index in [1.54, 1.807) is 10.6 Å². The van der Waals surface area contributed by atoms with Crippen molar-refractivity contribution in [3.8, 4) is 5.69 Å². The summed E-state index contributed by atoms with van der Waals surface area (Å²) in [5.74, 6) is 0.00341. The molecule has 0 spiro atoms. The number of amides is 1. The first-order valence-electron chi connectivity index (χ1n) is 10.5. The molecule has 1 fully saturated rings. The number of nitrogens with zero attached hydrogens (tertiary/aromatic N) is 4. The zero-order chi connectivity index (χ0) is 20.5. The van der Waals surface area contributed by atoms with Gasteiger partial charge in [0.05, 0.1) is 11.4 Å². The van der Waals surface area contributed by atoms with Crippen molar-refractivity contribution in [3.63, 3.8) is 0 Å². The Morgan fingerprint density at radius 1 is 1.07 bits per heavy atom. The summed E-state index contributed by atoms with van der Waals surface area (Å²) in [7, 11) is 0. The van der Waals surface area contributed by atoms with Crippen molar-refractivity contribution < 1.29 is 4.79 Å². The van der Waals surface area contributed by atoms with Crippen molar-refractivity contribution in [2.24, 2.45) is 0 Å². The van der Waals surface area contributed by atoms with Gasteiger partial charge in [0.1, 0.15) is 12.2 Å². The second-order valence-electron chi connectivity index (χ2n) is 7.91. The standard InChI is InChI=1S/C23H28N4O2/c1-4-18-8-10-19(11-9-18)27-23-22(17(3)24-27)16(2)14-20(28)26(23)15-21(29)25-12-6-5-7-13-25/h8-11,14H,4-7,12-13,15H2,1-3H3. The third-order valence-corrected chi connectivity index (χ3v) is 5.88. The molecular formula is C23H28N4O2. The van der Waals surface area contributed by atoms with Crippen LogP contribution in [-0.2, 0) is 17.8 Å². The molecule has 1 aliphatic rings. The molecule has 6 nitrogen and oxygen atoms in total. The lowest BCUT2D eigenvalue weighted by Gasteiger charge is -2.27. The van der Waals surface area contributed by atoms with Gasteiger partial charge in [0.25, 0.3) is 5.56 Å². The van der Waals surface area contributed by atoms with Crippen LogP contribution in [0.4, 0.5) is 0 Å². The Morgan fingerprint density at radius 3 is 2.41 bits per heavy atom. The van der Waals surface area contributed by atoms with E-state index in [9.17, 15) is 9.59 Å². The maximum absolute atomic E-state index is 12.9. The van der Waals surface area contributed by atoms with E-state index < -0.39 is 0 Å². The molecule has 1 saturated heterocycles. The predicted octanol–water partition coefficient (Wildman–Crippen LogP) is 3.38. The van der Waals surface area contributed by atoms with Gasteiger partial charge in [-0.2, -0.15) is 5.10 Å². The number of carbonyl (C=O) groups excluding carboxylic acids is 1. The van der Waals surface area contributed by atoms with E-state index >= 15 is 0 Å². The number of aryl methyl sites for hydroxylation is 3. The van der Waals surface area contributed by atoms with Gasteiger partial charge in [-0.15, -0.1) is 0 Å². The third-order valence-electron chi connectivity index (χ3n) is 5.88. The Morgan fingerprint density at radius 2 is 1.76 bits per heavy atom. The normalized spacial score (nSPS) is 14.5. The van der Waals surface area contributed by atoms with E-state index in [2.05, 4.69) is 19.1 Å². The molecule has 0 atom stereocenters. The summed E-state index contributed by atoms with van der Waals surface area (Å²) in [4.78, 5) is 27.7. The maximum atomic E-state index is 12.9. The maximum Gasteiger partial charge on any atom is 0.252 e. The van der Waals surface area contributed by atoms with Crippen LogP contribution in [0.15, 0.2) is 35.1 Å². The molecular weight excluding hydrogens is 364 g/mol. The van der Waals surface area contributed by atoms with Crippen LogP contribution in [0.25, 0.3) is 16.7 Å². The monoisotopic (exact) mass is 392 g/mol. The lowest BCUT2D eigenvalue weighted by atomic mass is 10.1. The van der Waals surface area contributed by atoms with Crippen molar-refractivity contribution >= 4 is 16.9 Å². The lowest BCUT2D eigenvalue weighted by Crippen LogP contribution is -2.39. The molecule has 1 aliphatic heterocycles. The second-order valence-corrected chi connectivity index (χ2v) is 7.91. The summed E-state index contributed by atoms with van der Waals surface area (Å²) in [6, 6.07) is 9.82. The molecule has 2 aromatic heterocycles. The Kier molecular flexibility index (Phi) is 5.26. The van der Waals surface area contributed by atoms with Crippen molar-refractivity contribution in [1.82, 2.24) is 19.2 Å². The van der Waals surface area contributed by atoms with Crippen LogP contribution in [0.2, 0.25) is 0 Å². The first-order valence-corrected chi connectivity index (χ1v) is 10.5. The minimum absolute atomic E-state index is 0.00341. The van der Waals surface area contributed by atoms with E-state index in [0.29, 0.717) is 5.65 Å². The van der Waals surface area contributed by atoms with Crippen LogP contribution in [0.3, 0.4) is 0 Å². The number of hydrogen-bond acceptors (Lipinski definition) is 3. The van der Waals surface area contributed by atoms with E-state index in [-0.39, 0.29) is 18.0 Å². The number of hydrogen-bond donors (Lipinski definition) is 0. The summed E-state index contributed by atoms with van der Waals surface area (Å²) in [5.41, 5.74) is 4.42. The molecule has 0 unspecified atom stereocenters. The topological polar surface area (TPSA) is 60.1 Å². The van der Waals surface area contributed by atoms with E-state index in [4.69, 9.17) is 5.10 Å². The zero-order valence-electron chi connectivity index (χ0n) is 17.4. The van der Waals surface area contributed by atoms with Gasteiger partial charge in [-0.3, -0.25) is 14.2 Å². The molecule has 0 radical (unpaired) electrons. The van der Waals surface area contributed by atoms with Gasteiger partial charge < -0.3 is 4.90 Å². The SMILES string of the molecule is CCc1ccc(-n2nc(C)c3c(C)cc(=O)n(CC(=O)N4CCCCC4)c32)cc1. The first-order chi connectivity index (χ1) is 14.0. The Balaban J connectivity index is 1.84. The molecule has 3 heterocycles. The number of rotatable bonds is 4. The minimum Gasteiger partial charge on any atom is -0.341 e. The first kappa shape index (κ1) is 19.4. The van der Waals surface area contributed by atoms with Crippen molar-refractivity contribution in [2.45, 2.75) is 53.0 Å². The van der Waals surface area contributed by atoms with Gasteiger partial charge in [-0.05, 0) is 62.8 Å². The summed E-state index contributed by atoms with van der Waals surface area (Å²) in [6.45, 7) is 7.61. The fraction of sp³-hybridized carbons (Fsp3) is 0.435. The van der Waals surface area contributed by atoms with E-state index in [0.717, 1.165) is 61.1 Å². The molecule has 152 valence electrons. The number of aromatic nitrogens is 3. The van der Waals surface area contributed by atoms with E-state index in [1.807, 2.05) is 35.6 Å². The van der Waals surface area contributed by atoms with Crippen molar-refractivity contribution in [1.29, 1.82) is 0 Å². The van der Waals surface area contributed by atoms with Crippen LogP contribution in [0.5, 0.6) is 0 Å². The van der Waals surface area contributed by atoms with Gasteiger partial charge in [-0.1, -0.05) is 19.1 Å². The van der Waals surface area contributed by atoms with Gasteiger partial charge >= 0.3 is 0 Å². The zero-order valence-corrected chi connectivity index (χ0v) is 17.4. The molecule has 1 amide bonds. The summed E-state index contributed by atoms with van der Waals surface area (Å²) in [6.07, 6.45) is 4.20. The Hall–Kier alpha value is -2.89. The summed E-state index contributed by atoms with van der Waals surface area (Å²) < 4.78 is 3.40. The number of pyridine rings is 1. The van der Waals surface area contributed by atoms with Crippen LogP contribution >= 0.6 is 0 Å². The average Bonchev–Trinajstić information content (AvgIpc) is 3.09. The van der Waals surface area contributed by atoms with Gasteiger partial charge in [0, 0.05) is 24.5 Å². The molecule has 0 N–H and O–H groups in total. The molecule has 29 heavy (non-hydrogen) atoms. The molecule has 3 aromatic rings. The Labute approximate surface area is 170 Å². The highest BCUT2D eigenvalue weighted by Gasteiger charge is 2.22. The second kappa shape index (κ2) is 7.85. The third kappa shape index (κ3) is 3.59. The van der Waals surface area contributed by atoms with Crippen LogP contribution in [0.1, 0.15) is 43.0 Å². The smallest absolute Gasteiger partial charge is 0.252 e. The molecule has 4 rings (SSSR count). The Bertz CT molecular complexity index is 1100. The molecule has 0 bridgehead atoms. The quantitative estimate of drug-likeness (QED) is 0.684. The summed E-state index contributed by atoms with van der Waals surface area (Å²) in [5, 5.41) is 5.67. The number of likely N-dealkylation sites (tertiary alicyclic amines) is 1.